The highest BCUT2D eigenvalue weighted by Gasteiger charge is 2.23. The number of aromatic nitrogens is 3. The topological polar surface area (TPSA) is 60.2 Å². The smallest absolute Gasteiger partial charge is 0.244 e. The van der Waals surface area contributed by atoms with E-state index in [0.717, 1.165) is 38.1 Å². The average molecular weight is 314 g/mol. The summed E-state index contributed by atoms with van der Waals surface area (Å²) >= 11 is 0. The summed E-state index contributed by atoms with van der Waals surface area (Å²) in [7, 11) is 1.67. The van der Waals surface area contributed by atoms with Gasteiger partial charge in [-0.25, -0.2) is 9.67 Å². The van der Waals surface area contributed by atoms with E-state index < -0.39 is 0 Å². The molecule has 6 nitrogen and oxygen atoms in total. The molecule has 0 bridgehead atoms. The van der Waals surface area contributed by atoms with Gasteiger partial charge in [-0.15, -0.1) is 0 Å². The van der Waals surface area contributed by atoms with Gasteiger partial charge in [-0.05, 0) is 30.5 Å². The minimum Gasteiger partial charge on any atom is -0.497 e. The van der Waals surface area contributed by atoms with Crippen LogP contribution in [-0.4, -0.2) is 45.8 Å². The number of carbonyl (C=O) groups excluding carboxylic acids is 1. The third-order valence-electron chi connectivity index (χ3n) is 4.38. The van der Waals surface area contributed by atoms with E-state index in [2.05, 4.69) is 22.2 Å². The highest BCUT2D eigenvalue weighted by atomic mass is 16.5. The lowest BCUT2D eigenvalue weighted by molar-refractivity contribution is -0.132. The lowest BCUT2D eigenvalue weighted by Gasteiger charge is -2.25. The van der Waals surface area contributed by atoms with Crippen molar-refractivity contribution in [1.82, 2.24) is 19.7 Å². The first-order valence-electron chi connectivity index (χ1n) is 8.00. The summed E-state index contributed by atoms with van der Waals surface area (Å²) in [4.78, 5) is 18.4. The van der Waals surface area contributed by atoms with Crippen molar-refractivity contribution < 1.29 is 9.53 Å². The van der Waals surface area contributed by atoms with Gasteiger partial charge in [0.05, 0.1) is 7.11 Å². The van der Waals surface area contributed by atoms with Crippen molar-refractivity contribution in [1.29, 1.82) is 0 Å². The molecule has 23 heavy (non-hydrogen) atoms. The second kappa shape index (κ2) is 7.26. The van der Waals surface area contributed by atoms with Crippen LogP contribution in [0.1, 0.15) is 30.7 Å². The molecule has 1 aromatic carbocycles. The van der Waals surface area contributed by atoms with Crippen molar-refractivity contribution in [2.24, 2.45) is 0 Å². The Labute approximate surface area is 136 Å². The molecule has 122 valence electrons. The SMILES string of the molecule is COc1ccc([C@@H]2CCCCN(C(=O)Cn3cncn3)C2)cc1. The van der Waals surface area contributed by atoms with Crippen LogP contribution >= 0.6 is 0 Å². The van der Waals surface area contributed by atoms with Crippen LogP contribution in [0.3, 0.4) is 0 Å². The van der Waals surface area contributed by atoms with Gasteiger partial charge >= 0.3 is 0 Å². The van der Waals surface area contributed by atoms with Crippen LogP contribution in [0.2, 0.25) is 0 Å². The van der Waals surface area contributed by atoms with Gasteiger partial charge in [-0.1, -0.05) is 18.6 Å². The van der Waals surface area contributed by atoms with Gasteiger partial charge in [0.15, 0.2) is 0 Å². The monoisotopic (exact) mass is 314 g/mol. The number of methoxy groups -OCH3 is 1. The third kappa shape index (κ3) is 3.88. The van der Waals surface area contributed by atoms with E-state index >= 15 is 0 Å². The lowest BCUT2D eigenvalue weighted by Crippen LogP contribution is -2.36. The molecule has 6 heteroatoms. The van der Waals surface area contributed by atoms with Gasteiger partial charge in [-0.2, -0.15) is 5.10 Å². The highest BCUT2D eigenvalue weighted by Crippen LogP contribution is 2.28. The number of nitrogens with zero attached hydrogens (tertiary/aromatic N) is 4. The molecule has 3 rings (SSSR count). The fourth-order valence-electron chi connectivity index (χ4n) is 3.07. The van der Waals surface area contributed by atoms with Crippen LogP contribution in [0.5, 0.6) is 5.75 Å². The number of ether oxygens (including phenoxy) is 1. The zero-order valence-corrected chi connectivity index (χ0v) is 13.4. The number of hydrogen-bond acceptors (Lipinski definition) is 4. The van der Waals surface area contributed by atoms with Gasteiger partial charge < -0.3 is 9.64 Å². The Hall–Kier alpha value is -2.37. The standard InChI is InChI=1S/C17H22N4O2/c1-23-16-7-5-14(6-8-16)15-4-2-3-9-20(10-15)17(22)11-21-13-18-12-19-21/h5-8,12-13,15H,2-4,9-11H2,1H3/t15-/m1/s1. The molecule has 1 aliphatic heterocycles. The van der Waals surface area contributed by atoms with Crippen molar-refractivity contribution in [3.63, 3.8) is 0 Å². The third-order valence-corrected chi connectivity index (χ3v) is 4.38. The minimum atomic E-state index is 0.107. The molecular weight excluding hydrogens is 292 g/mol. The zero-order chi connectivity index (χ0) is 16.1. The molecule has 1 aromatic heterocycles. The Morgan fingerprint density at radius 1 is 1.30 bits per heavy atom. The summed E-state index contributed by atoms with van der Waals surface area (Å²) in [5.74, 6) is 1.35. The molecule has 1 atom stereocenters. The Morgan fingerprint density at radius 2 is 2.13 bits per heavy atom. The van der Waals surface area contributed by atoms with Gasteiger partial charge in [0.25, 0.3) is 0 Å². The van der Waals surface area contributed by atoms with Crippen LogP contribution in [0.15, 0.2) is 36.9 Å². The van der Waals surface area contributed by atoms with Crippen LogP contribution in [0.4, 0.5) is 0 Å². The number of hydrogen-bond donors (Lipinski definition) is 0. The number of carbonyl (C=O) groups is 1. The predicted molar refractivity (Wildman–Crippen MR) is 86.2 cm³/mol. The molecule has 0 saturated carbocycles. The fraction of sp³-hybridized carbons (Fsp3) is 0.471. The molecule has 0 radical (unpaired) electrons. The first-order valence-corrected chi connectivity index (χ1v) is 8.00. The normalized spacial score (nSPS) is 18.5. The van der Waals surface area contributed by atoms with Gasteiger partial charge in [0, 0.05) is 19.0 Å². The number of likely N-dealkylation sites (tertiary alicyclic amines) is 1. The fourth-order valence-corrected chi connectivity index (χ4v) is 3.07. The molecule has 1 amide bonds. The van der Waals surface area contributed by atoms with Crippen LogP contribution in [0.25, 0.3) is 0 Å². The van der Waals surface area contributed by atoms with E-state index in [1.807, 2.05) is 17.0 Å². The van der Waals surface area contributed by atoms with E-state index in [4.69, 9.17) is 4.74 Å². The molecule has 1 fully saturated rings. The second-order valence-electron chi connectivity index (χ2n) is 5.90. The van der Waals surface area contributed by atoms with E-state index in [1.165, 1.54) is 11.9 Å². The van der Waals surface area contributed by atoms with E-state index in [1.54, 1.807) is 18.1 Å². The molecule has 1 aliphatic rings. The van der Waals surface area contributed by atoms with E-state index in [9.17, 15) is 4.79 Å². The summed E-state index contributed by atoms with van der Waals surface area (Å²) in [5, 5.41) is 4.01. The van der Waals surface area contributed by atoms with E-state index in [-0.39, 0.29) is 12.5 Å². The number of rotatable bonds is 4. The van der Waals surface area contributed by atoms with Gasteiger partial charge in [-0.3, -0.25) is 4.79 Å². The highest BCUT2D eigenvalue weighted by molar-refractivity contribution is 5.76. The van der Waals surface area contributed by atoms with Crippen LogP contribution in [0, 0.1) is 0 Å². The Balaban J connectivity index is 1.68. The number of amides is 1. The second-order valence-corrected chi connectivity index (χ2v) is 5.90. The first kappa shape index (κ1) is 15.5. The van der Waals surface area contributed by atoms with Crippen molar-refractivity contribution in [2.45, 2.75) is 31.7 Å². The quantitative estimate of drug-likeness (QED) is 0.867. The maximum absolute atomic E-state index is 12.5. The lowest BCUT2D eigenvalue weighted by atomic mass is 9.94. The first-order chi connectivity index (χ1) is 11.3. The van der Waals surface area contributed by atoms with Crippen molar-refractivity contribution >= 4 is 5.91 Å². The average Bonchev–Trinajstić information content (AvgIpc) is 2.96. The summed E-state index contributed by atoms with van der Waals surface area (Å²) in [6.07, 6.45) is 6.34. The Morgan fingerprint density at radius 3 is 2.83 bits per heavy atom. The molecule has 2 heterocycles. The molecule has 0 aliphatic carbocycles. The van der Waals surface area contributed by atoms with Gasteiger partial charge in [0.2, 0.25) is 5.91 Å². The van der Waals surface area contributed by atoms with Crippen LogP contribution in [-0.2, 0) is 11.3 Å². The summed E-state index contributed by atoms with van der Waals surface area (Å²) in [5.41, 5.74) is 1.27. The molecule has 0 unspecified atom stereocenters. The number of benzene rings is 1. The van der Waals surface area contributed by atoms with Crippen molar-refractivity contribution in [2.75, 3.05) is 20.2 Å². The Bertz CT molecular complexity index is 625. The van der Waals surface area contributed by atoms with Crippen molar-refractivity contribution in [3.8, 4) is 5.75 Å². The van der Waals surface area contributed by atoms with Crippen molar-refractivity contribution in [3.05, 3.63) is 42.5 Å². The maximum atomic E-state index is 12.5. The van der Waals surface area contributed by atoms with Gasteiger partial charge in [0.1, 0.15) is 24.9 Å². The molecule has 0 spiro atoms. The van der Waals surface area contributed by atoms with E-state index in [0.29, 0.717) is 5.92 Å². The minimum absolute atomic E-state index is 0.107. The summed E-state index contributed by atoms with van der Waals surface area (Å²) in [6.45, 7) is 1.84. The predicted octanol–water partition coefficient (Wildman–Crippen LogP) is 2.08. The molecular formula is C17H22N4O2. The molecule has 2 aromatic rings. The maximum Gasteiger partial charge on any atom is 0.244 e. The summed E-state index contributed by atoms with van der Waals surface area (Å²) in [6, 6.07) is 8.19. The Kier molecular flexibility index (Phi) is 4.90. The molecule has 1 saturated heterocycles. The largest absolute Gasteiger partial charge is 0.497 e. The summed E-state index contributed by atoms with van der Waals surface area (Å²) < 4.78 is 6.80. The zero-order valence-electron chi connectivity index (χ0n) is 13.4. The van der Waals surface area contributed by atoms with Crippen LogP contribution < -0.4 is 4.74 Å². The molecule has 0 N–H and O–H groups in total.